The molecule has 0 aromatic heterocycles. The fourth-order valence-electron chi connectivity index (χ4n) is 3.20. The molecule has 118 valence electrons. The molecule has 0 bridgehead atoms. The van der Waals surface area contributed by atoms with E-state index in [-0.39, 0.29) is 0 Å². The maximum Gasteiger partial charge on any atom is 0.211 e. The van der Waals surface area contributed by atoms with Gasteiger partial charge in [0.1, 0.15) is 0 Å². The van der Waals surface area contributed by atoms with Gasteiger partial charge in [0.15, 0.2) is 0 Å². The summed E-state index contributed by atoms with van der Waals surface area (Å²) in [6.45, 7) is 5.21. The summed E-state index contributed by atoms with van der Waals surface area (Å²) >= 11 is 0. The van der Waals surface area contributed by atoms with Gasteiger partial charge < -0.3 is 10.2 Å². The Hall–Kier alpha value is -0.170. The zero-order valence-corrected chi connectivity index (χ0v) is 13.5. The molecule has 0 aromatic carbocycles. The summed E-state index contributed by atoms with van der Waals surface area (Å²) in [6.07, 6.45) is 9.31. The third kappa shape index (κ3) is 5.31. The summed E-state index contributed by atoms with van der Waals surface area (Å²) in [5, 5.41) is 3.66. The van der Waals surface area contributed by atoms with Crippen LogP contribution in [-0.4, -0.2) is 69.2 Å². The number of hydrogen-bond donors (Lipinski definition) is 1. The van der Waals surface area contributed by atoms with Crippen LogP contribution in [-0.2, 0) is 10.0 Å². The number of rotatable bonds is 6. The first-order valence-electron chi connectivity index (χ1n) is 7.96. The molecular weight excluding hydrogens is 274 g/mol. The van der Waals surface area contributed by atoms with Crippen LogP contribution in [0.4, 0.5) is 0 Å². The van der Waals surface area contributed by atoms with Gasteiger partial charge in [0.05, 0.1) is 6.26 Å². The molecule has 2 rings (SSSR count). The van der Waals surface area contributed by atoms with Crippen molar-refractivity contribution in [1.82, 2.24) is 14.5 Å². The maximum absolute atomic E-state index is 11.4. The standard InChI is InChI=1S/C14H29N3O2S/c1-20(18,19)17-12-10-16(11-13-17)9-5-8-15-14-6-3-2-4-7-14/h14-15H,2-13H2,1H3. The van der Waals surface area contributed by atoms with E-state index in [2.05, 4.69) is 10.2 Å². The lowest BCUT2D eigenvalue weighted by molar-refractivity contribution is 0.186. The zero-order valence-electron chi connectivity index (χ0n) is 12.7. The summed E-state index contributed by atoms with van der Waals surface area (Å²) in [6, 6.07) is 0.742. The Kier molecular flexibility index (Phi) is 6.26. The summed E-state index contributed by atoms with van der Waals surface area (Å²) in [7, 11) is -2.99. The minimum absolute atomic E-state index is 0.648. The highest BCUT2D eigenvalue weighted by Gasteiger charge is 2.22. The Morgan fingerprint density at radius 1 is 1.05 bits per heavy atom. The minimum Gasteiger partial charge on any atom is -0.314 e. The van der Waals surface area contributed by atoms with Crippen LogP contribution < -0.4 is 5.32 Å². The number of piperazine rings is 1. The fourth-order valence-corrected chi connectivity index (χ4v) is 4.03. The van der Waals surface area contributed by atoms with E-state index < -0.39 is 10.0 Å². The van der Waals surface area contributed by atoms with E-state index in [1.807, 2.05) is 0 Å². The smallest absolute Gasteiger partial charge is 0.211 e. The highest BCUT2D eigenvalue weighted by atomic mass is 32.2. The molecule has 0 aromatic rings. The highest BCUT2D eigenvalue weighted by Crippen LogP contribution is 2.17. The van der Waals surface area contributed by atoms with Crippen molar-refractivity contribution in [3.63, 3.8) is 0 Å². The van der Waals surface area contributed by atoms with Crippen molar-refractivity contribution in [3.05, 3.63) is 0 Å². The van der Waals surface area contributed by atoms with Crippen LogP contribution in [0.3, 0.4) is 0 Å². The molecule has 1 saturated carbocycles. The molecule has 0 unspecified atom stereocenters. The monoisotopic (exact) mass is 303 g/mol. The van der Waals surface area contributed by atoms with Gasteiger partial charge in [-0.05, 0) is 32.4 Å². The van der Waals surface area contributed by atoms with E-state index in [1.165, 1.54) is 38.4 Å². The molecule has 5 nitrogen and oxygen atoms in total. The van der Waals surface area contributed by atoms with Gasteiger partial charge in [0.2, 0.25) is 10.0 Å². The normalized spacial score (nSPS) is 24.1. The molecular formula is C14H29N3O2S. The first kappa shape index (κ1) is 16.2. The Labute approximate surface area is 123 Å². The van der Waals surface area contributed by atoms with Crippen molar-refractivity contribution in [2.75, 3.05) is 45.5 Å². The van der Waals surface area contributed by atoms with Crippen molar-refractivity contribution >= 4 is 10.0 Å². The van der Waals surface area contributed by atoms with Gasteiger partial charge in [-0.15, -0.1) is 0 Å². The highest BCUT2D eigenvalue weighted by molar-refractivity contribution is 7.88. The summed E-state index contributed by atoms with van der Waals surface area (Å²) in [5.41, 5.74) is 0. The molecule has 0 spiro atoms. The van der Waals surface area contributed by atoms with Crippen LogP contribution in [0.15, 0.2) is 0 Å². The quantitative estimate of drug-likeness (QED) is 0.740. The molecule has 2 fully saturated rings. The molecule has 1 heterocycles. The second-order valence-corrected chi connectivity index (χ2v) is 8.13. The SMILES string of the molecule is CS(=O)(=O)N1CCN(CCCNC2CCCCC2)CC1. The van der Waals surface area contributed by atoms with E-state index in [1.54, 1.807) is 4.31 Å². The molecule has 0 atom stereocenters. The fraction of sp³-hybridized carbons (Fsp3) is 1.00. The average molecular weight is 303 g/mol. The van der Waals surface area contributed by atoms with E-state index in [0.717, 1.165) is 38.6 Å². The Balaban J connectivity index is 1.55. The second-order valence-electron chi connectivity index (χ2n) is 6.15. The van der Waals surface area contributed by atoms with Gasteiger partial charge in [0, 0.05) is 32.2 Å². The predicted molar refractivity (Wildman–Crippen MR) is 82.3 cm³/mol. The third-order valence-electron chi connectivity index (χ3n) is 4.49. The van der Waals surface area contributed by atoms with Crippen molar-refractivity contribution < 1.29 is 8.42 Å². The molecule has 1 aliphatic heterocycles. The largest absolute Gasteiger partial charge is 0.314 e. The van der Waals surface area contributed by atoms with E-state index in [4.69, 9.17) is 0 Å². The van der Waals surface area contributed by atoms with Crippen molar-refractivity contribution in [3.8, 4) is 0 Å². The predicted octanol–water partition coefficient (Wildman–Crippen LogP) is 0.876. The van der Waals surface area contributed by atoms with Crippen LogP contribution in [0.2, 0.25) is 0 Å². The second kappa shape index (κ2) is 7.73. The van der Waals surface area contributed by atoms with Crippen LogP contribution in [0.1, 0.15) is 38.5 Å². The molecule has 2 aliphatic rings. The summed E-state index contributed by atoms with van der Waals surface area (Å²) in [4.78, 5) is 2.38. The van der Waals surface area contributed by atoms with Gasteiger partial charge in [0.25, 0.3) is 0 Å². The van der Waals surface area contributed by atoms with Gasteiger partial charge >= 0.3 is 0 Å². The molecule has 20 heavy (non-hydrogen) atoms. The van der Waals surface area contributed by atoms with E-state index >= 15 is 0 Å². The molecule has 0 amide bonds. The van der Waals surface area contributed by atoms with Crippen LogP contribution in [0.25, 0.3) is 0 Å². The number of sulfonamides is 1. The molecule has 1 aliphatic carbocycles. The Morgan fingerprint density at radius 2 is 1.70 bits per heavy atom. The maximum atomic E-state index is 11.4. The number of nitrogens with zero attached hydrogens (tertiary/aromatic N) is 2. The zero-order chi connectivity index (χ0) is 14.4. The van der Waals surface area contributed by atoms with Crippen LogP contribution in [0, 0.1) is 0 Å². The van der Waals surface area contributed by atoms with Gasteiger partial charge in [-0.1, -0.05) is 19.3 Å². The van der Waals surface area contributed by atoms with Gasteiger partial charge in [-0.3, -0.25) is 0 Å². The molecule has 0 radical (unpaired) electrons. The van der Waals surface area contributed by atoms with E-state index in [9.17, 15) is 8.42 Å². The van der Waals surface area contributed by atoms with Crippen molar-refractivity contribution in [1.29, 1.82) is 0 Å². The Morgan fingerprint density at radius 3 is 2.30 bits per heavy atom. The third-order valence-corrected chi connectivity index (χ3v) is 5.79. The first-order chi connectivity index (χ1) is 9.55. The summed E-state index contributed by atoms with van der Waals surface area (Å²) in [5.74, 6) is 0. The van der Waals surface area contributed by atoms with Crippen LogP contribution in [0.5, 0.6) is 0 Å². The molecule has 6 heteroatoms. The van der Waals surface area contributed by atoms with Crippen LogP contribution >= 0.6 is 0 Å². The molecule has 1 N–H and O–H groups in total. The lowest BCUT2D eigenvalue weighted by Gasteiger charge is -2.33. The number of hydrogen-bond acceptors (Lipinski definition) is 4. The summed E-state index contributed by atoms with van der Waals surface area (Å²) < 4.78 is 24.4. The first-order valence-corrected chi connectivity index (χ1v) is 9.81. The lowest BCUT2D eigenvalue weighted by Crippen LogP contribution is -2.48. The topological polar surface area (TPSA) is 52.7 Å². The Bertz CT molecular complexity index is 372. The van der Waals surface area contributed by atoms with E-state index in [0.29, 0.717) is 13.1 Å². The number of nitrogens with one attached hydrogen (secondary N) is 1. The molecule has 1 saturated heterocycles. The van der Waals surface area contributed by atoms with Crippen molar-refractivity contribution in [2.45, 2.75) is 44.6 Å². The van der Waals surface area contributed by atoms with Crippen molar-refractivity contribution in [2.24, 2.45) is 0 Å². The lowest BCUT2D eigenvalue weighted by atomic mass is 9.95. The minimum atomic E-state index is -2.99. The van der Waals surface area contributed by atoms with Gasteiger partial charge in [-0.2, -0.15) is 4.31 Å². The van der Waals surface area contributed by atoms with Gasteiger partial charge in [-0.25, -0.2) is 8.42 Å². The average Bonchev–Trinajstić information content (AvgIpc) is 2.44.